The number of nitrogens with zero attached hydrogens (tertiary/aromatic N) is 1. The maximum Gasteiger partial charge on any atom is 0.327 e. The van der Waals surface area contributed by atoms with Gasteiger partial charge in [0.05, 0.1) is 25.3 Å². The summed E-state index contributed by atoms with van der Waals surface area (Å²) in [6.07, 6.45) is 11.5. The van der Waals surface area contributed by atoms with Gasteiger partial charge in [0.2, 0.25) is 0 Å². The van der Waals surface area contributed by atoms with Crippen molar-refractivity contribution < 1.29 is 9.53 Å². The Morgan fingerprint density at radius 2 is 2.53 bits per heavy atom. The first-order valence-corrected chi connectivity index (χ1v) is 5.69. The van der Waals surface area contributed by atoms with E-state index in [0.717, 1.165) is 13.1 Å². The highest BCUT2D eigenvalue weighted by Gasteiger charge is 2.42. The molecule has 1 heterocycles. The second-order valence-corrected chi connectivity index (χ2v) is 4.52. The molecule has 0 amide bonds. The average Bonchev–Trinajstić information content (AvgIpc) is 2.72. The Balaban J connectivity index is 1.94. The Kier molecular flexibility index (Phi) is 3.38. The van der Waals surface area contributed by atoms with Crippen molar-refractivity contribution in [2.75, 3.05) is 26.7 Å². The van der Waals surface area contributed by atoms with Crippen LogP contribution in [0, 0.1) is 6.08 Å². The molecule has 0 bridgehead atoms. The van der Waals surface area contributed by atoms with Crippen molar-refractivity contribution in [1.82, 2.24) is 4.90 Å². The smallest absolute Gasteiger partial charge is 0.327 e. The molecule has 4 nitrogen and oxygen atoms in total. The molecule has 1 saturated heterocycles. The van der Waals surface area contributed by atoms with Crippen LogP contribution >= 0.6 is 0 Å². The largest absolute Gasteiger partial charge is 0.468 e. The van der Waals surface area contributed by atoms with Crippen LogP contribution in [0.25, 0.3) is 0 Å². The first kappa shape index (κ1) is 12.0. The normalized spacial score (nSPS) is 27.8. The van der Waals surface area contributed by atoms with Crippen molar-refractivity contribution in [1.29, 1.82) is 0 Å². The van der Waals surface area contributed by atoms with Gasteiger partial charge in [-0.05, 0) is 6.42 Å². The summed E-state index contributed by atoms with van der Waals surface area (Å²) in [4.78, 5) is 13.7. The zero-order chi connectivity index (χ0) is 12.3. The first-order chi connectivity index (χ1) is 8.14. The lowest BCUT2D eigenvalue weighted by Gasteiger charge is -2.21. The van der Waals surface area contributed by atoms with E-state index in [4.69, 9.17) is 10.5 Å². The molecule has 1 unspecified atom stereocenters. The number of esters is 1. The molecule has 1 atom stereocenters. The van der Waals surface area contributed by atoms with E-state index in [1.54, 1.807) is 0 Å². The highest BCUT2D eigenvalue weighted by molar-refractivity contribution is 5.81. The number of allylic oxidation sites excluding steroid dienone is 4. The minimum absolute atomic E-state index is 0.320. The Bertz CT molecular complexity index is 398. The van der Waals surface area contributed by atoms with Gasteiger partial charge < -0.3 is 10.5 Å². The van der Waals surface area contributed by atoms with Crippen molar-refractivity contribution in [2.45, 2.75) is 12.0 Å². The molecule has 0 aromatic carbocycles. The fraction of sp³-hybridized carbons (Fsp3) is 0.462. The maximum absolute atomic E-state index is 11.6. The lowest BCUT2D eigenvalue weighted by Crippen LogP contribution is -2.50. The summed E-state index contributed by atoms with van der Waals surface area (Å²) in [5.41, 5.74) is 6.38. The molecule has 2 N–H and O–H groups in total. The SMILES string of the molecule is COC(=O)C1(N)CCN(CC2=CC=C[C+]=C2)C1. The Hall–Kier alpha value is -1.48. The monoisotopic (exact) mass is 233 g/mol. The van der Waals surface area contributed by atoms with Gasteiger partial charge in [-0.15, -0.1) is 0 Å². The lowest BCUT2D eigenvalue weighted by atomic mass is 10.0. The van der Waals surface area contributed by atoms with Gasteiger partial charge in [0.1, 0.15) is 17.7 Å². The molecule has 0 spiro atoms. The molecule has 1 fully saturated rings. The minimum Gasteiger partial charge on any atom is -0.468 e. The molecule has 1 aliphatic carbocycles. The summed E-state index contributed by atoms with van der Waals surface area (Å²) < 4.78 is 4.74. The third kappa shape index (κ3) is 2.61. The maximum atomic E-state index is 11.6. The van der Waals surface area contributed by atoms with Gasteiger partial charge in [-0.25, -0.2) is 0 Å². The molecule has 0 radical (unpaired) electrons. The van der Waals surface area contributed by atoms with Crippen LogP contribution in [-0.4, -0.2) is 43.2 Å². The summed E-state index contributed by atoms with van der Waals surface area (Å²) in [6, 6.07) is 0. The molecule has 2 rings (SSSR count). The van der Waals surface area contributed by atoms with E-state index in [9.17, 15) is 4.79 Å². The highest BCUT2D eigenvalue weighted by Crippen LogP contribution is 2.21. The van der Waals surface area contributed by atoms with Crippen molar-refractivity contribution in [3.05, 3.63) is 36.0 Å². The topological polar surface area (TPSA) is 55.6 Å². The average molecular weight is 233 g/mol. The number of carbonyl (C=O) groups is 1. The number of carbonyl (C=O) groups excluding carboxylic acids is 1. The third-order valence-electron chi connectivity index (χ3n) is 3.15. The van der Waals surface area contributed by atoms with Gasteiger partial charge >= 0.3 is 5.97 Å². The lowest BCUT2D eigenvalue weighted by molar-refractivity contribution is -0.146. The molecule has 0 saturated carbocycles. The van der Waals surface area contributed by atoms with Gasteiger partial charge in [-0.1, -0.05) is 0 Å². The van der Waals surface area contributed by atoms with Gasteiger partial charge in [0.25, 0.3) is 0 Å². The van der Waals surface area contributed by atoms with Crippen LogP contribution in [-0.2, 0) is 9.53 Å². The van der Waals surface area contributed by atoms with Crippen molar-refractivity contribution in [3.8, 4) is 0 Å². The summed E-state index contributed by atoms with van der Waals surface area (Å²) in [5, 5.41) is 0. The van der Waals surface area contributed by atoms with Crippen LogP contribution in [0.5, 0.6) is 0 Å². The van der Waals surface area contributed by atoms with Gasteiger partial charge in [0, 0.05) is 25.2 Å². The number of ether oxygens (including phenoxy) is 1. The van der Waals surface area contributed by atoms with Crippen LogP contribution in [0.4, 0.5) is 0 Å². The van der Waals surface area contributed by atoms with Crippen LogP contribution in [0.3, 0.4) is 0 Å². The zero-order valence-corrected chi connectivity index (χ0v) is 9.98. The molecular formula is C13H17N2O2+. The van der Waals surface area contributed by atoms with Crippen molar-refractivity contribution in [3.63, 3.8) is 0 Å². The van der Waals surface area contributed by atoms with E-state index in [1.165, 1.54) is 12.7 Å². The summed E-state index contributed by atoms with van der Waals surface area (Å²) in [6.45, 7) is 2.17. The molecule has 0 aromatic rings. The van der Waals surface area contributed by atoms with Gasteiger partial charge in [0.15, 0.2) is 0 Å². The molecule has 4 heteroatoms. The van der Waals surface area contributed by atoms with Crippen LogP contribution in [0.2, 0.25) is 0 Å². The Morgan fingerprint density at radius 1 is 1.71 bits per heavy atom. The number of likely N-dealkylation sites (tertiary alicyclic amines) is 1. The quantitative estimate of drug-likeness (QED) is 0.567. The molecular weight excluding hydrogens is 216 g/mol. The van der Waals surface area contributed by atoms with Gasteiger partial charge in [-0.3, -0.25) is 9.69 Å². The van der Waals surface area contributed by atoms with E-state index >= 15 is 0 Å². The molecule has 17 heavy (non-hydrogen) atoms. The van der Waals surface area contributed by atoms with E-state index in [2.05, 4.69) is 11.0 Å². The summed E-state index contributed by atoms with van der Waals surface area (Å²) in [7, 11) is 1.38. The predicted octanol–water partition coefficient (Wildman–Crippen LogP) is 0.418. The standard InChI is InChI=1S/C13H17N2O2/c1-17-12(16)13(14)7-8-15(10-13)9-11-5-3-2-4-6-11/h2-3,5-6H,7-10,14H2,1H3/q+1. The highest BCUT2D eigenvalue weighted by atomic mass is 16.5. The Morgan fingerprint density at radius 3 is 3.18 bits per heavy atom. The first-order valence-electron chi connectivity index (χ1n) is 5.69. The number of hydrogen-bond donors (Lipinski definition) is 1. The van der Waals surface area contributed by atoms with E-state index < -0.39 is 5.54 Å². The summed E-state index contributed by atoms with van der Waals surface area (Å²) >= 11 is 0. The second kappa shape index (κ2) is 4.80. The number of rotatable bonds is 3. The van der Waals surface area contributed by atoms with Crippen molar-refractivity contribution >= 4 is 5.97 Å². The van der Waals surface area contributed by atoms with Gasteiger partial charge in [-0.2, -0.15) is 0 Å². The van der Waals surface area contributed by atoms with Crippen LogP contribution in [0.1, 0.15) is 6.42 Å². The molecule has 90 valence electrons. The minimum atomic E-state index is -0.840. The zero-order valence-electron chi connectivity index (χ0n) is 9.98. The van der Waals surface area contributed by atoms with E-state index in [1.807, 2.05) is 24.3 Å². The van der Waals surface area contributed by atoms with Crippen LogP contribution in [0.15, 0.2) is 29.9 Å². The fourth-order valence-corrected chi connectivity index (χ4v) is 2.21. The van der Waals surface area contributed by atoms with E-state index in [-0.39, 0.29) is 5.97 Å². The molecule has 0 aromatic heterocycles. The molecule has 2 aliphatic rings. The number of hydrogen-bond acceptors (Lipinski definition) is 4. The van der Waals surface area contributed by atoms with E-state index in [0.29, 0.717) is 13.0 Å². The third-order valence-corrected chi connectivity index (χ3v) is 3.15. The number of methoxy groups -OCH3 is 1. The second-order valence-electron chi connectivity index (χ2n) is 4.52. The fourth-order valence-electron chi connectivity index (χ4n) is 2.21. The predicted molar refractivity (Wildman–Crippen MR) is 65.0 cm³/mol. The summed E-state index contributed by atoms with van der Waals surface area (Å²) in [5.74, 6) is -0.320. The van der Waals surface area contributed by atoms with Crippen molar-refractivity contribution in [2.24, 2.45) is 5.73 Å². The molecule has 1 aliphatic heterocycles. The van der Waals surface area contributed by atoms with Crippen LogP contribution < -0.4 is 5.73 Å². The number of nitrogens with two attached hydrogens (primary N) is 1. The Labute approximate surface area is 101 Å².